The minimum atomic E-state index is -3.08. The lowest BCUT2D eigenvalue weighted by Crippen LogP contribution is -2.16. The highest BCUT2D eigenvalue weighted by atomic mass is 32.2. The van der Waals surface area contributed by atoms with Crippen LogP contribution in [0, 0.1) is 0 Å². The van der Waals surface area contributed by atoms with Crippen LogP contribution in [-0.4, -0.2) is 33.3 Å². The van der Waals surface area contributed by atoms with Crippen LogP contribution in [0.4, 0.5) is 5.69 Å². The standard InChI is InChI=1S/C14H21NO4S/c1-11(2)19-8-7-14(16)15-13-6-4-5-12(9-13)10-20(3,17)18/h4-6,9,11H,7-8,10H2,1-3H3,(H,15,16). The Kier molecular flexibility index (Phi) is 6.16. The van der Waals surface area contributed by atoms with E-state index < -0.39 is 9.84 Å². The number of hydrogen-bond donors (Lipinski definition) is 1. The van der Waals surface area contributed by atoms with Gasteiger partial charge in [0.15, 0.2) is 9.84 Å². The van der Waals surface area contributed by atoms with Crippen molar-refractivity contribution in [2.45, 2.75) is 32.1 Å². The fraction of sp³-hybridized carbons (Fsp3) is 0.500. The van der Waals surface area contributed by atoms with E-state index >= 15 is 0 Å². The van der Waals surface area contributed by atoms with Gasteiger partial charge >= 0.3 is 0 Å². The molecular formula is C14H21NO4S. The van der Waals surface area contributed by atoms with E-state index in [0.717, 1.165) is 0 Å². The second-order valence-electron chi connectivity index (χ2n) is 4.99. The van der Waals surface area contributed by atoms with Gasteiger partial charge in [0.2, 0.25) is 5.91 Å². The van der Waals surface area contributed by atoms with Crippen LogP contribution in [0.5, 0.6) is 0 Å². The van der Waals surface area contributed by atoms with Crippen molar-refractivity contribution in [1.29, 1.82) is 0 Å². The van der Waals surface area contributed by atoms with Crippen molar-refractivity contribution in [2.75, 3.05) is 18.2 Å². The molecule has 112 valence electrons. The van der Waals surface area contributed by atoms with E-state index in [1.54, 1.807) is 24.3 Å². The lowest BCUT2D eigenvalue weighted by molar-refractivity contribution is -0.117. The second kappa shape index (κ2) is 7.40. The maximum absolute atomic E-state index is 11.7. The number of rotatable bonds is 7. The number of anilines is 1. The summed E-state index contributed by atoms with van der Waals surface area (Å²) in [6.45, 7) is 4.19. The van der Waals surface area contributed by atoms with Crippen LogP contribution < -0.4 is 5.32 Å². The average Bonchev–Trinajstić information content (AvgIpc) is 2.26. The Morgan fingerprint density at radius 1 is 1.35 bits per heavy atom. The summed E-state index contributed by atoms with van der Waals surface area (Å²) in [4.78, 5) is 11.7. The molecule has 0 atom stereocenters. The molecule has 0 unspecified atom stereocenters. The van der Waals surface area contributed by atoms with Crippen LogP contribution in [0.2, 0.25) is 0 Å². The number of carbonyl (C=O) groups is 1. The Hall–Kier alpha value is -1.40. The number of hydrogen-bond acceptors (Lipinski definition) is 4. The molecule has 0 saturated carbocycles. The Labute approximate surface area is 120 Å². The summed E-state index contributed by atoms with van der Waals surface area (Å²) in [6.07, 6.45) is 1.55. The van der Waals surface area contributed by atoms with Crippen molar-refractivity contribution in [3.63, 3.8) is 0 Å². The molecule has 1 amide bonds. The van der Waals surface area contributed by atoms with Crippen LogP contribution in [0.15, 0.2) is 24.3 Å². The largest absolute Gasteiger partial charge is 0.378 e. The van der Waals surface area contributed by atoms with E-state index in [-0.39, 0.29) is 24.2 Å². The van der Waals surface area contributed by atoms with Gasteiger partial charge in [0.1, 0.15) is 0 Å². The maximum Gasteiger partial charge on any atom is 0.226 e. The first-order chi connectivity index (χ1) is 9.26. The second-order valence-corrected chi connectivity index (χ2v) is 7.13. The van der Waals surface area contributed by atoms with Gasteiger partial charge in [-0.1, -0.05) is 12.1 Å². The third-order valence-electron chi connectivity index (χ3n) is 2.42. The summed E-state index contributed by atoms with van der Waals surface area (Å²) in [7, 11) is -3.08. The van der Waals surface area contributed by atoms with Gasteiger partial charge in [-0.2, -0.15) is 0 Å². The van der Waals surface area contributed by atoms with Gasteiger partial charge in [0, 0.05) is 11.9 Å². The molecule has 6 heteroatoms. The van der Waals surface area contributed by atoms with Crippen molar-refractivity contribution in [2.24, 2.45) is 0 Å². The zero-order valence-electron chi connectivity index (χ0n) is 12.0. The van der Waals surface area contributed by atoms with E-state index in [0.29, 0.717) is 17.9 Å². The Bertz CT molecular complexity index is 552. The summed E-state index contributed by atoms with van der Waals surface area (Å²) in [5.74, 6) is -0.185. The molecular weight excluding hydrogens is 278 g/mol. The topological polar surface area (TPSA) is 72.5 Å². The zero-order valence-corrected chi connectivity index (χ0v) is 12.9. The molecule has 5 nitrogen and oxygen atoms in total. The van der Waals surface area contributed by atoms with Crippen LogP contribution in [-0.2, 0) is 25.1 Å². The van der Waals surface area contributed by atoms with E-state index in [2.05, 4.69) is 5.32 Å². The van der Waals surface area contributed by atoms with E-state index in [1.165, 1.54) is 6.26 Å². The first-order valence-electron chi connectivity index (χ1n) is 6.44. The molecule has 20 heavy (non-hydrogen) atoms. The van der Waals surface area contributed by atoms with Crippen LogP contribution in [0.1, 0.15) is 25.8 Å². The van der Waals surface area contributed by atoms with Gasteiger partial charge < -0.3 is 10.1 Å². The van der Waals surface area contributed by atoms with Gasteiger partial charge in [-0.3, -0.25) is 4.79 Å². The van der Waals surface area contributed by atoms with Crippen molar-refractivity contribution < 1.29 is 17.9 Å². The Balaban J connectivity index is 2.55. The summed E-state index contributed by atoms with van der Waals surface area (Å²) in [5, 5.41) is 2.73. The van der Waals surface area contributed by atoms with Crippen LogP contribution in [0.25, 0.3) is 0 Å². The van der Waals surface area contributed by atoms with Crippen molar-refractivity contribution in [1.82, 2.24) is 0 Å². The molecule has 0 aliphatic rings. The third-order valence-corrected chi connectivity index (χ3v) is 3.28. The molecule has 0 fully saturated rings. The molecule has 1 aromatic rings. The van der Waals surface area contributed by atoms with E-state index in [1.807, 2.05) is 13.8 Å². The fourth-order valence-electron chi connectivity index (χ4n) is 1.65. The Morgan fingerprint density at radius 3 is 2.65 bits per heavy atom. The number of ether oxygens (including phenoxy) is 1. The number of nitrogens with one attached hydrogen (secondary N) is 1. The molecule has 1 N–H and O–H groups in total. The lowest BCUT2D eigenvalue weighted by atomic mass is 10.2. The highest BCUT2D eigenvalue weighted by Gasteiger charge is 2.07. The number of sulfone groups is 1. The minimum absolute atomic E-state index is 0.0346. The van der Waals surface area contributed by atoms with Crippen molar-refractivity contribution in [3.05, 3.63) is 29.8 Å². The molecule has 1 rings (SSSR count). The van der Waals surface area contributed by atoms with E-state index in [9.17, 15) is 13.2 Å². The quantitative estimate of drug-likeness (QED) is 0.835. The average molecular weight is 299 g/mol. The molecule has 0 aliphatic carbocycles. The summed E-state index contributed by atoms with van der Waals surface area (Å²) < 4.78 is 27.8. The molecule has 0 spiro atoms. The van der Waals surface area contributed by atoms with Crippen molar-refractivity contribution in [3.8, 4) is 0 Å². The predicted molar refractivity (Wildman–Crippen MR) is 79.3 cm³/mol. The summed E-state index contributed by atoms with van der Waals surface area (Å²) in [5.41, 5.74) is 1.25. The fourth-order valence-corrected chi connectivity index (χ4v) is 2.44. The van der Waals surface area contributed by atoms with Crippen LogP contribution in [0.3, 0.4) is 0 Å². The minimum Gasteiger partial charge on any atom is -0.378 e. The van der Waals surface area contributed by atoms with Crippen LogP contribution >= 0.6 is 0 Å². The molecule has 0 aromatic heterocycles. The normalized spacial score (nSPS) is 11.6. The molecule has 0 aliphatic heterocycles. The first kappa shape index (κ1) is 16.7. The smallest absolute Gasteiger partial charge is 0.226 e. The van der Waals surface area contributed by atoms with Gasteiger partial charge in [0.25, 0.3) is 0 Å². The Morgan fingerprint density at radius 2 is 2.05 bits per heavy atom. The van der Waals surface area contributed by atoms with Gasteiger partial charge in [-0.25, -0.2) is 8.42 Å². The molecule has 0 saturated heterocycles. The van der Waals surface area contributed by atoms with Crippen molar-refractivity contribution >= 4 is 21.4 Å². The molecule has 0 heterocycles. The predicted octanol–water partition coefficient (Wildman–Crippen LogP) is 1.98. The van der Waals surface area contributed by atoms with E-state index in [4.69, 9.17) is 4.74 Å². The van der Waals surface area contributed by atoms with Gasteiger partial charge in [-0.05, 0) is 31.5 Å². The molecule has 0 radical (unpaired) electrons. The van der Waals surface area contributed by atoms with Gasteiger partial charge in [0.05, 0.1) is 24.9 Å². The summed E-state index contributed by atoms with van der Waals surface area (Å²) >= 11 is 0. The highest BCUT2D eigenvalue weighted by molar-refractivity contribution is 7.89. The maximum atomic E-state index is 11.7. The summed E-state index contributed by atoms with van der Waals surface area (Å²) in [6, 6.07) is 6.84. The monoisotopic (exact) mass is 299 g/mol. The zero-order chi connectivity index (χ0) is 15.2. The highest BCUT2D eigenvalue weighted by Crippen LogP contribution is 2.13. The number of carbonyl (C=O) groups excluding carboxylic acids is 1. The lowest BCUT2D eigenvalue weighted by Gasteiger charge is -2.09. The molecule has 1 aromatic carbocycles. The SMILES string of the molecule is CC(C)OCCC(=O)Nc1cccc(CS(C)(=O)=O)c1. The first-order valence-corrected chi connectivity index (χ1v) is 8.50. The third kappa shape index (κ3) is 7.25. The number of amides is 1. The number of benzene rings is 1. The van der Waals surface area contributed by atoms with Gasteiger partial charge in [-0.15, -0.1) is 0 Å². The molecule has 0 bridgehead atoms.